The molecule has 5 nitrogen and oxygen atoms in total. The molecule has 0 aliphatic carbocycles. The first-order valence-corrected chi connectivity index (χ1v) is 4.53. The zero-order valence-corrected chi connectivity index (χ0v) is 8.78. The van der Waals surface area contributed by atoms with Gasteiger partial charge in [-0.15, -0.1) is 0 Å². The van der Waals surface area contributed by atoms with E-state index >= 15 is 0 Å². The smallest absolute Gasteiger partial charge is 0.202 e. The molecule has 1 rings (SSSR count). The van der Waals surface area contributed by atoms with Crippen molar-refractivity contribution >= 4 is 5.69 Å². The Hall–Kier alpha value is -1.62. The van der Waals surface area contributed by atoms with Gasteiger partial charge in [0.2, 0.25) is 5.75 Å². The van der Waals surface area contributed by atoms with Gasteiger partial charge in [0, 0.05) is 6.54 Å². The Morgan fingerprint density at radius 3 is 2.53 bits per heavy atom. The minimum atomic E-state index is -0.0528. The van der Waals surface area contributed by atoms with Gasteiger partial charge in [-0.05, 0) is 12.1 Å². The van der Waals surface area contributed by atoms with Crippen LogP contribution in [0.3, 0.4) is 0 Å². The van der Waals surface area contributed by atoms with Gasteiger partial charge in [-0.25, -0.2) is 0 Å². The van der Waals surface area contributed by atoms with Crippen molar-refractivity contribution in [3.05, 3.63) is 12.1 Å². The lowest BCUT2D eigenvalue weighted by atomic mass is 10.2. The van der Waals surface area contributed by atoms with Crippen LogP contribution in [0.25, 0.3) is 0 Å². The van der Waals surface area contributed by atoms with Crippen molar-refractivity contribution < 1.29 is 19.7 Å². The molecule has 0 amide bonds. The number of aromatic hydroxyl groups is 1. The summed E-state index contributed by atoms with van der Waals surface area (Å²) in [6, 6.07) is 3.34. The van der Waals surface area contributed by atoms with E-state index in [1.807, 2.05) is 0 Å². The Labute approximate surface area is 88.3 Å². The summed E-state index contributed by atoms with van der Waals surface area (Å²) < 4.78 is 9.98. The minimum Gasteiger partial charge on any atom is -0.502 e. The fourth-order valence-electron chi connectivity index (χ4n) is 1.25. The lowest BCUT2D eigenvalue weighted by Crippen LogP contribution is -2.06. The lowest BCUT2D eigenvalue weighted by molar-refractivity contribution is 0.310. The van der Waals surface area contributed by atoms with E-state index < -0.39 is 0 Å². The van der Waals surface area contributed by atoms with Crippen molar-refractivity contribution in [1.82, 2.24) is 0 Å². The van der Waals surface area contributed by atoms with E-state index in [1.54, 1.807) is 12.1 Å². The van der Waals surface area contributed by atoms with Crippen molar-refractivity contribution in [3.63, 3.8) is 0 Å². The highest BCUT2D eigenvalue weighted by atomic mass is 16.5. The molecular formula is C10H15NO4. The van der Waals surface area contributed by atoms with Crippen LogP contribution in [-0.2, 0) is 0 Å². The Balaban J connectivity index is 3.01. The molecule has 0 fully saturated rings. The van der Waals surface area contributed by atoms with Crippen molar-refractivity contribution in [2.45, 2.75) is 0 Å². The summed E-state index contributed by atoms with van der Waals surface area (Å²) >= 11 is 0. The number of phenols is 1. The van der Waals surface area contributed by atoms with Gasteiger partial charge in [-0.2, -0.15) is 0 Å². The maximum Gasteiger partial charge on any atom is 0.202 e. The molecule has 0 aliphatic heterocycles. The first-order chi connectivity index (χ1) is 7.24. The summed E-state index contributed by atoms with van der Waals surface area (Å²) in [5.41, 5.74) is 0.616. The van der Waals surface area contributed by atoms with Crippen LogP contribution in [0, 0.1) is 0 Å². The van der Waals surface area contributed by atoms with Gasteiger partial charge < -0.3 is 25.0 Å². The Morgan fingerprint density at radius 2 is 2.00 bits per heavy atom. The maximum atomic E-state index is 9.72. The molecule has 3 N–H and O–H groups in total. The van der Waals surface area contributed by atoms with Gasteiger partial charge in [0.1, 0.15) is 0 Å². The summed E-state index contributed by atoms with van der Waals surface area (Å²) in [4.78, 5) is 0. The van der Waals surface area contributed by atoms with Crippen molar-refractivity contribution in [1.29, 1.82) is 0 Å². The van der Waals surface area contributed by atoms with Gasteiger partial charge in [-0.1, -0.05) is 0 Å². The molecule has 0 saturated carbocycles. The van der Waals surface area contributed by atoms with Crippen LogP contribution >= 0.6 is 0 Å². The second-order valence-corrected chi connectivity index (χ2v) is 2.85. The van der Waals surface area contributed by atoms with E-state index in [9.17, 15) is 5.11 Å². The number of phenolic OH excluding ortho intramolecular Hbond substituents is 1. The van der Waals surface area contributed by atoms with Gasteiger partial charge in [0.05, 0.1) is 26.5 Å². The Bertz CT molecular complexity index is 327. The van der Waals surface area contributed by atoms with Crippen molar-refractivity contribution in [3.8, 4) is 17.2 Å². The van der Waals surface area contributed by atoms with E-state index in [0.29, 0.717) is 23.7 Å². The summed E-state index contributed by atoms with van der Waals surface area (Å²) in [5, 5.41) is 21.3. The third-order valence-electron chi connectivity index (χ3n) is 1.95. The van der Waals surface area contributed by atoms with E-state index in [0.717, 1.165) is 0 Å². The molecule has 1 aromatic carbocycles. The third kappa shape index (κ3) is 2.44. The molecule has 0 bridgehead atoms. The fraction of sp³-hybridized carbons (Fsp3) is 0.400. The minimum absolute atomic E-state index is 0.00987. The normalized spacial score (nSPS) is 9.80. The van der Waals surface area contributed by atoms with E-state index in [2.05, 4.69) is 5.32 Å². The molecule has 0 heterocycles. The number of anilines is 1. The zero-order valence-electron chi connectivity index (χ0n) is 8.78. The highest BCUT2D eigenvalue weighted by Crippen LogP contribution is 2.41. The van der Waals surface area contributed by atoms with Crippen LogP contribution in [0.2, 0.25) is 0 Å². The SMILES string of the molecule is COc1ccc(NCCO)c(OC)c1O. The monoisotopic (exact) mass is 213 g/mol. The standard InChI is InChI=1S/C10H15NO4/c1-14-8-4-3-7(11-5-6-12)10(15-2)9(8)13/h3-4,11-13H,5-6H2,1-2H3. The van der Waals surface area contributed by atoms with Gasteiger partial charge in [0.25, 0.3) is 0 Å². The molecule has 0 spiro atoms. The number of rotatable bonds is 5. The summed E-state index contributed by atoms with van der Waals surface area (Å²) in [5.74, 6) is 0.604. The van der Waals surface area contributed by atoms with Crippen LogP contribution in [-0.4, -0.2) is 37.6 Å². The molecular weight excluding hydrogens is 198 g/mol. The predicted molar refractivity (Wildman–Crippen MR) is 56.8 cm³/mol. The quantitative estimate of drug-likeness (QED) is 0.675. The molecule has 0 unspecified atom stereocenters. The molecule has 0 aromatic heterocycles. The molecule has 5 heteroatoms. The first-order valence-electron chi connectivity index (χ1n) is 4.53. The molecule has 84 valence electrons. The van der Waals surface area contributed by atoms with E-state index in [1.165, 1.54) is 14.2 Å². The summed E-state index contributed by atoms with van der Waals surface area (Å²) in [6.45, 7) is 0.401. The highest BCUT2D eigenvalue weighted by molar-refractivity contribution is 5.67. The summed E-state index contributed by atoms with van der Waals surface area (Å²) in [7, 11) is 2.92. The van der Waals surface area contributed by atoms with Crippen LogP contribution in [0.1, 0.15) is 0 Å². The van der Waals surface area contributed by atoms with Crippen LogP contribution in [0.5, 0.6) is 17.2 Å². The van der Waals surface area contributed by atoms with Gasteiger partial charge in [0.15, 0.2) is 11.5 Å². The third-order valence-corrected chi connectivity index (χ3v) is 1.95. The highest BCUT2D eigenvalue weighted by Gasteiger charge is 2.13. The first kappa shape index (κ1) is 11.5. The Morgan fingerprint density at radius 1 is 1.27 bits per heavy atom. The van der Waals surface area contributed by atoms with Crippen molar-refractivity contribution in [2.24, 2.45) is 0 Å². The van der Waals surface area contributed by atoms with Gasteiger partial charge in [-0.3, -0.25) is 0 Å². The largest absolute Gasteiger partial charge is 0.502 e. The zero-order chi connectivity index (χ0) is 11.3. The lowest BCUT2D eigenvalue weighted by Gasteiger charge is -2.13. The average molecular weight is 213 g/mol. The number of aliphatic hydroxyl groups excluding tert-OH is 1. The number of ether oxygens (including phenoxy) is 2. The predicted octanol–water partition coefficient (Wildman–Crippen LogP) is 0.814. The van der Waals surface area contributed by atoms with E-state index in [-0.39, 0.29) is 12.4 Å². The number of benzene rings is 1. The number of hydrogen-bond acceptors (Lipinski definition) is 5. The fourth-order valence-corrected chi connectivity index (χ4v) is 1.25. The maximum absolute atomic E-state index is 9.72. The number of methoxy groups -OCH3 is 2. The second-order valence-electron chi connectivity index (χ2n) is 2.85. The number of hydrogen-bond donors (Lipinski definition) is 3. The topological polar surface area (TPSA) is 71.0 Å². The Kier molecular flexibility index (Phi) is 4.05. The average Bonchev–Trinajstić information content (AvgIpc) is 2.26. The molecule has 0 radical (unpaired) electrons. The molecule has 0 saturated heterocycles. The van der Waals surface area contributed by atoms with Crippen molar-refractivity contribution in [2.75, 3.05) is 32.7 Å². The number of aliphatic hydroxyl groups is 1. The second kappa shape index (κ2) is 5.31. The van der Waals surface area contributed by atoms with E-state index in [4.69, 9.17) is 14.6 Å². The van der Waals surface area contributed by atoms with Crippen LogP contribution in [0.4, 0.5) is 5.69 Å². The molecule has 0 aliphatic rings. The summed E-state index contributed by atoms with van der Waals surface area (Å²) in [6.07, 6.45) is 0. The van der Waals surface area contributed by atoms with Crippen LogP contribution in [0.15, 0.2) is 12.1 Å². The van der Waals surface area contributed by atoms with Crippen LogP contribution < -0.4 is 14.8 Å². The molecule has 0 atom stereocenters. The number of nitrogens with one attached hydrogen (secondary N) is 1. The molecule has 15 heavy (non-hydrogen) atoms. The van der Waals surface area contributed by atoms with Gasteiger partial charge >= 0.3 is 0 Å². The molecule has 1 aromatic rings.